The van der Waals surface area contributed by atoms with Gasteiger partial charge in [-0.3, -0.25) is 4.57 Å². The van der Waals surface area contributed by atoms with Gasteiger partial charge in [-0.05, 0) is 53.6 Å². The maximum atomic E-state index is 7.09. The normalized spacial score (nSPS) is 16.1. The maximum Gasteiger partial charge on any atom is 0.142 e. The molecule has 0 saturated heterocycles. The molecule has 9 aromatic rings. The highest BCUT2D eigenvalue weighted by Crippen LogP contribution is 2.61. The quantitative estimate of drug-likeness (QED) is 0.191. The molecule has 0 bridgehead atoms. The summed E-state index contributed by atoms with van der Waals surface area (Å²) in [6.45, 7) is 0. The Morgan fingerprint density at radius 1 is 0.478 bits per heavy atom. The van der Waals surface area contributed by atoms with E-state index in [9.17, 15) is 0 Å². The van der Waals surface area contributed by atoms with Crippen molar-refractivity contribution in [1.29, 1.82) is 0 Å². The molecule has 2 aliphatic heterocycles. The van der Waals surface area contributed by atoms with Crippen molar-refractivity contribution in [2.45, 2.75) is 5.41 Å². The highest BCUT2D eigenvalue weighted by atomic mass is 16.5. The van der Waals surface area contributed by atoms with Gasteiger partial charge in [-0.15, -0.1) is 0 Å². The minimum atomic E-state index is -0.604. The fraction of sp³-hybridized carbons (Fsp3) is 0.0238. The van der Waals surface area contributed by atoms with Crippen molar-refractivity contribution in [1.82, 2.24) is 14.1 Å². The van der Waals surface area contributed by atoms with E-state index < -0.39 is 5.41 Å². The Balaban J connectivity index is 1.37. The summed E-state index contributed by atoms with van der Waals surface area (Å²) in [7, 11) is 0. The Kier molecular flexibility index (Phi) is 4.49. The van der Waals surface area contributed by atoms with Gasteiger partial charge in [0.2, 0.25) is 0 Å². The average molecular weight is 588 g/mol. The molecule has 1 spiro atoms. The Hall–Kier alpha value is -6.13. The van der Waals surface area contributed by atoms with Crippen molar-refractivity contribution in [2.24, 2.45) is 0 Å². The minimum absolute atomic E-state index is 0.604. The molecule has 4 heteroatoms. The number of para-hydroxylation sites is 5. The summed E-state index contributed by atoms with van der Waals surface area (Å²) in [5.74, 6) is 2.67. The molecule has 46 heavy (non-hydrogen) atoms. The molecule has 1 atom stereocenters. The molecule has 214 valence electrons. The lowest BCUT2D eigenvalue weighted by atomic mass is 9.61. The van der Waals surface area contributed by atoms with Crippen LogP contribution in [0.1, 0.15) is 22.3 Å². The molecule has 11 rings (SSSR count). The summed E-state index contributed by atoms with van der Waals surface area (Å²) >= 11 is 0. The monoisotopic (exact) mass is 587 g/mol. The summed E-state index contributed by atoms with van der Waals surface area (Å²) in [5.41, 5.74) is 10.1. The Labute approximate surface area is 264 Å². The standard InChI is InChI=1S/C42H25N3O/c1-5-18-33-26(12-1)27-14-11-17-31-40(27)45(33)35-20-7-3-15-29(35)42(31)30-16-4-8-21-37(30)46-41-32(42)23-24-36-39(41)28-13-2-6-19-34(28)44(36)38-22-9-10-25-43-38/h1-25H. The van der Waals surface area contributed by atoms with Gasteiger partial charge in [0, 0.05) is 33.5 Å². The van der Waals surface area contributed by atoms with E-state index in [1.807, 2.05) is 18.3 Å². The minimum Gasteiger partial charge on any atom is -0.456 e. The fourth-order valence-electron chi connectivity index (χ4n) is 8.57. The van der Waals surface area contributed by atoms with Crippen LogP contribution in [0.25, 0.3) is 55.1 Å². The van der Waals surface area contributed by atoms with Crippen LogP contribution >= 0.6 is 0 Å². The van der Waals surface area contributed by atoms with Crippen LogP contribution in [0.2, 0.25) is 0 Å². The van der Waals surface area contributed by atoms with Crippen LogP contribution in [-0.2, 0) is 5.41 Å². The molecule has 0 radical (unpaired) electrons. The summed E-state index contributed by atoms with van der Waals surface area (Å²) in [6, 6.07) is 52.4. The zero-order chi connectivity index (χ0) is 30.0. The van der Waals surface area contributed by atoms with E-state index in [1.165, 1.54) is 38.6 Å². The summed E-state index contributed by atoms with van der Waals surface area (Å²) in [5, 5.41) is 4.77. The third kappa shape index (κ3) is 2.75. The Morgan fingerprint density at radius 2 is 1.17 bits per heavy atom. The van der Waals surface area contributed by atoms with Crippen LogP contribution in [-0.4, -0.2) is 14.1 Å². The molecular weight excluding hydrogens is 562 g/mol. The second-order valence-corrected chi connectivity index (χ2v) is 12.3. The van der Waals surface area contributed by atoms with Gasteiger partial charge in [0.15, 0.2) is 0 Å². The first-order valence-corrected chi connectivity index (χ1v) is 15.7. The molecule has 0 N–H and O–H groups in total. The van der Waals surface area contributed by atoms with E-state index in [0.29, 0.717) is 0 Å². The van der Waals surface area contributed by atoms with Crippen LogP contribution in [0.4, 0.5) is 0 Å². The van der Waals surface area contributed by atoms with Crippen LogP contribution in [0, 0.1) is 0 Å². The van der Waals surface area contributed by atoms with Crippen LogP contribution in [0.5, 0.6) is 11.5 Å². The van der Waals surface area contributed by atoms with Crippen LogP contribution < -0.4 is 4.74 Å². The van der Waals surface area contributed by atoms with Crippen molar-refractivity contribution in [3.63, 3.8) is 0 Å². The van der Waals surface area contributed by atoms with Gasteiger partial charge in [-0.2, -0.15) is 0 Å². The van der Waals surface area contributed by atoms with E-state index >= 15 is 0 Å². The molecule has 6 aromatic carbocycles. The number of fused-ring (bicyclic) bond motifs is 15. The molecule has 0 aliphatic carbocycles. The first kappa shape index (κ1) is 24.2. The third-order valence-electron chi connectivity index (χ3n) is 10.2. The zero-order valence-corrected chi connectivity index (χ0v) is 24.7. The first-order valence-electron chi connectivity index (χ1n) is 15.7. The third-order valence-corrected chi connectivity index (χ3v) is 10.2. The number of pyridine rings is 1. The molecule has 0 fully saturated rings. The smallest absolute Gasteiger partial charge is 0.142 e. The van der Waals surface area contributed by atoms with Crippen molar-refractivity contribution < 1.29 is 4.74 Å². The van der Waals surface area contributed by atoms with Gasteiger partial charge in [0.25, 0.3) is 0 Å². The SMILES string of the molecule is c1ccc(-n2c3ccccc3c3c4c(ccc32)C2(c3ccccc3O4)c3ccccc3-n3c4ccccc4c4cccc2c43)nc1. The predicted molar refractivity (Wildman–Crippen MR) is 185 cm³/mol. The molecule has 2 aliphatic rings. The maximum absolute atomic E-state index is 7.09. The Morgan fingerprint density at radius 3 is 2.04 bits per heavy atom. The van der Waals surface area contributed by atoms with Gasteiger partial charge in [-0.25, -0.2) is 4.98 Å². The van der Waals surface area contributed by atoms with E-state index in [1.54, 1.807) is 0 Å². The Bertz CT molecular complexity index is 2740. The number of hydrogen-bond acceptors (Lipinski definition) is 2. The summed E-state index contributed by atoms with van der Waals surface area (Å²) in [6.07, 6.45) is 1.86. The molecule has 3 aromatic heterocycles. The van der Waals surface area contributed by atoms with Gasteiger partial charge in [0.05, 0.1) is 38.6 Å². The van der Waals surface area contributed by atoms with E-state index in [2.05, 4.69) is 143 Å². The predicted octanol–water partition coefficient (Wildman–Crippen LogP) is 10.1. The highest BCUT2D eigenvalue weighted by Gasteiger charge is 2.50. The molecular formula is C42H25N3O. The number of benzene rings is 6. The van der Waals surface area contributed by atoms with E-state index in [4.69, 9.17) is 9.72 Å². The number of hydrogen-bond donors (Lipinski definition) is 0. The number of nitrogens with zero attached hydrogens (tertiary/aromatic N) is 3. The second-order valence-electron chi connectivity index (χ2n) is 12.3. The molecule has 1 unspecified atom stereocenters. The van der Waals surface area contributed by atoms with Crippen LogP contribution in [0.3, 0.4) is 0 Å². The van der Waals surface area contributed by atoms with Crippen LogP contribution in [0.15, 0.2) is 152 Å². The van der Waals surface area contributed by atoms with E-state index in [-0.39, 0.29) is 0 Å². The van der Waals surface area contributed by atoms with Gasteiger partial charge >= 0.3 is 0 Å². The largest absolute Gasteiger partial charge is 0.456 e. The second kappa shape index (κ2) is 8.52. The fourth-order valence-corrected chi connectivity index (χ4v) is 8.57. The molecule has 5 heterocycles. The topological polar surface area (TPSA) is 32.0 Å². The van der Waals surface area contributed by atoms with Gasteiger partial charge in [-0.1, -0.05) is 103 Å². The summed E-state index contributed by atoms with van der Waals surface area (Å²) < 4.78 is 11.8. The highest BCUT2D eigenvalue weighted by molar-refractivity contribution is 6.15. The lowest BCUT2D eigenvalue weighted by Crippen LogP contribution is -2.37. The van der Waals surface area contributed by atoms with E-state index in [0.717, 1.165) is 50.2 Å². The van der Waals surface area contributed by atoms with Gasteiger partial charge < -0.3 is 9.30 Å². The average Bonchev–Trinajstić information content (AvgIpc) is 3.65. The van der Waals surface area contributed by atoms with Gasteiger partial charge in [0.1, 0.15) is 17.3 Å². The van der Waals surface area contributed by atoms with Crippen molar-refractivity contribution in [3.05, 3.63) is 174 Å². The number of ether oxygens (including phenoxy) is 1. The lowest BCUT2D eigenvalue weighted by Gasteiger charge is -2.45. The molecule has 0 saturated carbocycles. The first-order chi connectivity index (χ1) is 22.9. The van der Waals surface area contributed by atoms with Crippen molar-refractivity contribution >= 4 is 43.6 Å². The lowest BCUT2D eigenvalue weighted by molar-refractivity contribution is 0.439. The summed E-state index contributed by atoms with van der Waals surface area (Å²) in [4.78, 5) is 4.77. The molecule has 4 nitrogen and oxygen atoms in total. The van der Waals surface area contributed by atoms with Crippen molar-refractivity contribution in [2.75, 3.05) is 0 Å². The van der Waals surface area contributed by atoms with Crippen molar-refractivity contribution in [3.8, 4) is 23.0 Å². The molecule has 0 amide bonds. The number of aromatic nitrogens is 3. The number of rotatable bonds is 1. The zero-order valence-electron chi connectivity index (χ0n) is 24.7.